The van der Waals surface area contributed by atoms with Crippen LogP contribution >= 0.6 is 0 Å². The summed E-state index contributed by atoms with van der Waals surface area (Å²) in [4.78, 5) is 0. The molecule has 1 fully saturated rings. The van der Waals surface area contributed by atoms with Crippen molar-refractivity contribution in [3.8, 4) is 0 Å². The molecule has 2 nitrogen and oxygen atoms in total. The van der Waals surface area contributed by atoms with Gasteiger partial charge in [-0.1, -0.05) is 20.8 Å². The molecule has 0 aromatic carbocycles. The fourth-order valence-electron chi connectivity index (χ4n) is 2.61. The molecule has 1 aliphatic carbocycles. The third kappa shape index (κ3) is 2.05. The minimum absolute atomic E-state index is 0.0674. The molecule has 2 heteroatoms. The summed E-state index contributed by atoms with van der Waals surface area (Å²) in [5.74, 6) is 1.05. The van der Waals surface area contributed by atoms with Crippen molar-refractivity contribution in [2.24, 2.45) is 17.3 Å². The van der Waals surface area contributed by atoms with Crippen molar-refractivity contribution in [3.05, 3.63) is 0 Å². The summed E-state index contributed by atoms with van der Waals surface area (Å²) < 4.78 is 5.09. The topological polar surface area (TPSA) is 29.5 Å². The van der Waals surface area contributed by atoms with Crippen LogP contribution in [0.5, 0.6) is 0 Å². The van der Waals surface area contributed by atoms with Gasteiger partial charge in [-0.15, -0.1) is 0 Å². The number of aliphatic hydroxyl groups excluding tert-OH is 1. The predicted octanol–water partition coefficient (Wildman–Crippen LogP) is 2.07. The molecule has 1 N–H and O–H groups in total. The quantitative estimate of drug-likeness (QED) is 0.731. The summed E-state index contributed by atoms with van der Waals surface area (Å²) in [6.07, 6.45) is 2.07. The Morgan fingerprint density at radius 2 is 2.08 bits per heavy atom. The van der Waals surface area contributed by atoms with E-state index in [9.17, 15) is 5.11 Å². The van der Waals surface area contributed by atoms with E-state index < -0.39 is 0 Å². The number of methoxy groups -OCH3 is 1. The number of hydrogen-bond acceptors (Lipinski definition) is 2. The summed E-state index contributed by atoms with van der Waals surface area (Å²) in [6, 6.07) is 0. The van der Waals surface area contributed by atoms with Gasteiger partial charge in [-0.3, -0.25) is 0 Å². The van der Waals surface area contributed by atoms with E-state index >= 15 is 0 Å². The van der Waals surface area contributed by atoms with Crippen molar-refractivity contribution in [1.29, 1.82) is 0 Å². The standard InChI is InChI=1S/C11H22O2/c1-8-7-9(5-6-13-4)11(2,3)10(8)12/h8-10,12H,5-7H2,1-4H3. The van der Waals surface area contributed by atoms with E-state index in [1.54, 1.807) is 7.11 Å². The van der Waals surface area contributed by atoms with Gasteiger partial charge in [-0.2, -0.15) is 0 Å². The van der Waals surface area contributed by atoms with Crippen LogP contribution in [0.2, 0.25) is 0 Å². The second-order valence-electron chi connectivity index (χ2n) is 4.96. The van der Waals surface area contributed by atoms with Crippen LogP contribution in [-0.2, 0) is 4.74 Å². The van der Waals surface area contributed by atoms with E-state index in [4.69, 9.17) is 4.74 Å². The highest BCUT2D eigenvalue weighted by atomic mass is 16.5. The maximum atomic E-state index is 9.95. The summed E-state index contributed by atoms with van der Waals surface area (Å²) in [5.41, 5.74) is 0.0674. The van der Waals surface area contributed by atoms with E-state index in [0.29, 0.717) is 11.8 Å². The molecule has 3 unspecified atom stereocenters. The highest BCUT2D eigenvalue weighted by Crippen LogP contribution is 2.47. The SMILES string of the molecule is COCCC1CC(C)C(O)C1(C)C. The molecular formula is C11H22O2. The second-order valence-corrected chi connectivity index (χ2v) is 4.96. The average Bonchev–Trinajstić information content (AvgIpc) is 2.26. The smallest absolute Gasteiger partial charge is 0.0619 e. The summed E-state index contributed by atoms with van der Waals surface area (Å²) in [6.45, 7) is 7.29. The lowest BCUT2D eigenvalue weighted by Gasteiger charge is -2.30. The molecular weight excluding hydrogens is 164 g/mol. The first-order valence-electron chi connectivity index (χ1n) is 5.17. The fourth-order valence-corrected chi connectivity index (χ4v) is 2.61. The molecule has 0 bridgehead atoms. The zero-order chi connectivity index (χ0) is 10.1. The van der Waals surface area contributed by atoms with Crippen LogP contribution in [0.3, 0.4) is 0 Å². The van der Waals surface area contributed by atoms with Crippen molar-refractivity contribution in [2.45, 2.75) is 39.7 Å². The Balaban J connectivity index is 2.56. The lowest BCUT2D eigenvalue weighted by molar-refractivity contribution is 0.0267. The average molecular weight is 186 g/mol. The summed E-state index contributed by atoms with van der Waals surface area (Å²) in [7, 11) is 1.74. The lowest BCUT2D eigenvalue weighted by Crippen LogP contribution is -2.31. The first kappa shape index (κ1) is 11.0. The maximum absolute atomic E-state index is 9.95. The van der Waals surface area contributed by atoms with Crippen molar-refractivity contribution >= 4 is 0 Å². The fraction of sp³-hybridized carbons (Fsp3) is 1.00. The van der Waals surface area contributed by atoms with Crippen LogP contribution in [0.1, 0.15) is 33.6 Å². The molecule has 3 atom stereocenters. The highest BCUT2D eigenvalue weighted by molar-refractivity contribution is 4.95. The second kappa shape index (κ2) is 3.97. The first-order valence-corrected chi connectivity index (χ1v) is 5.17. The van der Waals surface area contributed by atoms with Crippen LogP contribution < -0.4 is 0 Å². The molecule has 0 aliphatic heterocycles. The molecule has 0 heterocycles. The Bertz CT molecular complexity index is 165. The minimum Gasteiger partial charge on any atom is -0.392 e. The molecule has 0 saturated heterocycles. The third-order valence-electron chi connectivity index (χ3n) is 3.68. The molecule has 0 aromatic heterocycles. The van der Waals surface area contributed by atoms with Gasteiger partial charge in [-0.25, -0.2) is 0 Å². The van der Waals surface area contributed by atoms with Crippen LogP contribution in [0.25, 0.3) is 0 Å². The molecule has 13 heavy (non-hydrogen) atoms. The molecule has 0 aromatic rings. The normalized spacial score (nSPS) is 38.1. The zero-order valence-corrected chi connectivity index (χ0v) is 9.21. The number of ether oxygens (including phenoxy) is 1. The van der Waals surface area contributed by atoms with Gasteiger partial charge in [0, 0.05) is 13.7 Å². The molecule has 1 saturated carbocycles. The Morgan fingerprint density at radius 1 is 1.46 bits per heavy atom. The van der Waals surface area contributed by atoms with Crippen LogP contribution in [0, 0.1) is 17.3 Å². The van der Waals surface area contributed by atoms with E-state index in [2.05, 4.69) is 20.8 Å². The largest absolute Gasteiger partial charge is 0.392 e. The maximum Gasteiger partial charge on any atom is 0.0619 e. The van der Waals surface area contributed by atoms with Crippen molar-refractivity contribution in [2.75, 3.05) is 13.7 Å². The van der Waals surface area contributed by atoms with Crippen molar-refractivity contribution in [1.82, 2.24) is 0 Å². The predicted molar refractivity (Wildman–Crippen MR) is 53.6 cm³/mol. The van der Waals surface area contributed by atoms with E-state index in [1.165, 1.54) is 0 Å². The highest BCUT2D eigenvalue weighted by Gasteiger charge is 2.45. The van der Waals surface area contributed by atoms with Gasteiger partial charge in [0.15, 0.2) is 0 Å². The molecule has 1 rings (SSSR count). The molecule has 1 aliphatic rings. The van der Waals surface area contributed by atoms with Crippen LogP contribution in [0.15, 0.2) is 0 Å². The van der Waals surface area contributed by atoms with Crippen LogP contribution in [-0.4, -0.2) is 24.9 Å². The van der Waals surface area contributed by atoms with E-state index in [0.717, 1.165) is 19.4 Å². The Hall–Kier alpha value is -0.0800. The van der Waals surface area contributed by atoms with Gasteiger partial charge < -0.3 is 9.84 Å². The monoisotopic (exact) mass is 186 g/mol. The minimum atomic E-state index is -0.144. The van der Waals surface area contributed by atoms with Gasteiger partial charge in [0.05, 0.1) is 6.10 Å². The number of aliphatic hydroxyl groups is 1. The zero-order valence-electron chi connectivity index (χ0n) is 9.21. The molecule has 78 valence electrons. The molecule has 0 amide bonds. The van der Waals surface area contributed by atoms with Crippen LogP contribution in [0.4, 0.5) is 0 Å². The van der Waals surface area contributed by atoms with Crippen molar-refractivity contribution < 1.29 is 9.84 Å². The third-order valence-corrected chi connectivity index (χ3v) is 3.68. The Morgan fingerprint density at radius 3 is 2.46 bits per heavy atom. The first-order chi connectivity index (χ1) is 6.00. The van der Waals surface area contributed by atoms with Gasteiger partial charge in [0.25, 0.3) is 0 Å². The Kier molecular flexibility index (Phi) is 3.36. The lowest BCUT2D eigenvalue weighted by atomic mass is 9.78. The molecule has 0 radical (unpaired) electrons. The van der Waals surface area contributed by atoms with Gasteiger partial charge in [-0.05, 0) is 30.1 Å². The number of hydrogen-bond donors (Lipinski definition) is 1. The van der Waals surface area contributed by atoms with E-state index in [1.807, 2.05) is 0 Å². The van der Waals surface area contributed by atoms with Crippen molar-refractivity contribution in [3.63, 3.8) is 0 Å². The van der Waals surface area contributed by atoms with E-state index in [-0.39, 0.29) is 11.5 Å². The summed E-state index contributed by atoms with van der Waals surface area (Å²) >= 11 is 0. The van der Waals surface area contributed by atoms with Gasteiger partial charge >= 0.3 is 0 Å². The molecule has 0 spiro atoms. The number of rotatable bonds is 3. The Labute approximate surface area is 81.3 Å². The van der Waals surface area contributed by atoms with Gasteiger partial charge in [0.1, 0.15) is 0 Å². The summed E-state index contributed by atoms with van der Waals surface area (Å²) in [5, 5.41) is 9.95. The van der Waals surface area contributed by atoms with Gasteiger partial charge in [0.2, 0.25) is 0 Å².